The first-order valence-electron chi connectivity index (χ1n) is 16.4. The molecule has 9 rings (SSSR count). The molecule has 9 aromatic rings. The molecule has 0 N–H and O–H groups in total. The molecule has 0 saturated heterocycles. The first-order chi connectivity index (χ1) is 24.3. The summed E-state index contributed by atoms with van der Waals surface area (Å²) in [4.78, 5) is 15.4. The van der Waals surface area contributed by atoms with Crippen LogP contribution in [0.4, 0.5) is 0 Å². The van der Waals surface area contributed by atoms with Crippen LogP contribution in [-0.2, 0) is 0 Å². The number of furan rings is 1. The summed E-state index contributed by atoms with van der Waals surface area (Å²) in [5.74, 6) is 1.86. The lowest BCUT2D eigenvalue weighted by atomic mass is 9.98. The van der Waals surface area contributed by atoms with Gasteiger partial charge in [0.05, 0.1) is 0 Å². The molecule has 0 aliphatic carbocycles. The second-order valence-electron chi connectivity index (χ2n) is 12.0. The molecular weight excluding hydrogens is 599 g/mol. The van der Waals surface area contributed by atoms with Gasteiger partial charge in [0.1, 0.15) is 11.2 Å². The van der Waals surface area contributed by atoms with Crippen LogP contribution in [0.15, 0.2) is 180 Å². The molecule has 49 heavy (non-hydrogen) atoms. The van der Waals surface area contributed by atoms with Gasteiger partial charge in [0.15, 0.2) is 17.5 Å². The van der Waals surface area contributed by atoms with E-state index in [9.17, 15) is 0 Å². The Morgan fingerprint density at radius 1 is 0.286 bits per heavy atom. The second kappa shape index (κ2) is 12.2. The third kappa shape index (κ3) is 5.26. The second-order valence-corrected chi connectivity index (χ2v) is 12.0. The van der Waals surface area contributed by atoms with Crippen molar-refractivity contribution in [1.82, 2.24) is 15.0 Å². The van der Waals surface area contributed by atoms with Crippen molar-refractivity contribution in [2.75, 3.05) is 0 Å². The predicted molar refractivity (Wildman–Crippen MR) is 200 cm³/mol. The van der Waals surface area contributed by atoms with E-state index in [4.69, 9.17) is 19.4 Å². The zero-order valence-corrected chi connectivity index (χ0v) is 26.5. The monoisotopic (exact) mass is 627 g/mol. The van der Waals surface area contributed by atoms with Gasteiger partial charge in [-0.1, -0.05) is 170 Å². The van der Waals surface area contributed by atoms with E-state index in [0.29, 0.717) is 17.5 Å². The molecule has 2 aromatic heterocycles. The van der Waals surface area contributed by atoms with E-state index in [1.165, 1.54) is 0 Å². The highest BCUT2D eigenvalue weighted by molar-refractivity contribution is 6.09. The quantitative estimate of drug-likeness (QED) is 0.184. The molecule has 0 fully saturated rings. The van der Waals surface area contributed by atoms with Crippen molar-refractivity contribution in [3.63, 3.8) is 0 Å². The van der Waals surface area contributed by atoms with Gasteiger partial charge in [-0.2, -0.15) is 0 Å². The largest absolute Gasteiger partial charge is 0.455 e. The smallest absolute Gasteiger partial charge is 0.164 e. The zero-order valence-electron chi connectivity index (χ0n) is 26.5. The molecule has 0 amide bonds. The summed E-state index contributed by atoms with van der Waals surface area (Å²) in [6.07, 6.45) is 0. The number of fused-ring (bicyclic) bond motifs is 3. The number of nitrogens with zero attached hydrogens (tertiary/aromatic N) is 3. The van der Waals surface area contributed by atoms with E-state index < -0.39 is 0 Å². The van der Waals surface area contributed by atoms with Crippen LogP contribution in [0.3, 0.4) is 0 Å². The van der Waals surface area contributed by atoms with Gasteiger partial charge in [0, 0.05) is 33.0 Å². The highest BCUT2D eigenvalue weighted by Gasteiger charge is 2.18. The summed E-state index contributed by atoms with van der Waals surface area (Å²) in [6, 6.07) is 60.3. The summed E-state index contributed by atoms with van der Waals surface area (Å²) >= 11 is 0. The van der Waals surface area contributed by atoms with E-state index in [2.05, 4.69) is 133 Å². The fourth-order valence-electron chi connectivity index (χ4n) is 6.61. The van der Waals surface area contributed by atoms with Crippen LogP contribution < -0.4 is 0 Å². The van der Waals surface area contributed by atoms with Crippen molar-refractivity contribution in [3.05, 3.63) is 176 Å². The van der Waals surface area contributed by atoms with Crippen molar-refractivity contribution in [3.8, 4) is 67.5 Å². The van der Waals surface area contributed by atoms with E-state index in [0.717, 1.165) is 72.0 Å². The van der Waals surface area contributed by atoms with Gasteiger partial charge in [0.2, 0.25) is 0 Å². The minimum Gasteiger partial charge on any atom is -0.455 e. The number of rotatable bonds is 6. The zero-order chi connectivity index (χ0) is 32.6. The van der Waals surface area contributed by atoms with Crippen LogP contribution in [-0.4, -0.2) is 15.0 Å². The maximum absolute atomic E-state index is 6.34. The van der Waals surface area contributed by atoms with Gasteiger partial charge in [0.25, 0.3) is 0 Å². The number of hydrogen-bond acceptors (Lipinski definition) is 4. The summed E-state index contributed by atoms with van der Waals surface area (Å²) < 4.78 is 6.34. The van der Waals surface area contributed by atoms with Gasteiger partial charge >= 0.3 is 0 Å². The first-order valence-corrected chi connectivity index (χ1v) is 16.4. The minimum atomic E-state index is 0.610. The molecule has 0 radical (unpaired) electrons. The lowest BCUT2D eigenvalue weighted by Crippen LogP contribution is -2.02. The average molecular weight is 628 g/mol. The number of hydrogen-bond donors (Lipinski definition) is 0. The van der Waals surface area contributed by atoms with Gasteiger partial charge in [-0.25, -0.2) is 15.0 Å². The maximum Gasteiger partial charge on any atom is 0.164 e. The number of aromatic nitrogens is 3. The highest BCUT2D eigenvalue weighted by atomic mass is 16.3. The Labute approximate surface area is 284 Å². The average Bonchev–Trinajstić information content (AvgIpc) is 3.58. The SMILES string of the molecule is c1ccc(-c2ccccc2-c2nc(-c3ccc(-c4cccc5c4oc4ccccc45)cc3)nc(-c3ccccc3-c3ccccc3)n2)cc1. The predicted octanol–water partition coefficient (Wildman–Crippen LogP) is 11.8. The fourth-order valence-corrected chi connectivity index (χ4v) is 6.61. The molecule has 0 spiro atoms. The van der Waals surface area contributed by atoms with Gasteiger partial charge in [-0.05, 0) is 33.9 Å². The van der Waals surface area contributed by atoms with E-state index in [1.54, 1.807) is 0 Å². The van der Waals surface area contributed by atoms with Crippen LogP contribution in [0.25, 0.3) is 89.5 Å². The van der Waals surface area contributed by atoms with Gasteiger partial charge in [-0.3, -0.25) is 0 Å². The van der Waals surface area contributed by atoms with Crippen LogP contribution in [0.5, 0.6) is 0 Å². The Kier molecular flexibility index (Phi) is 7.10. The van der Waals surface area contributed by atoms with Gasteiger partial charge in [-0.15, -0.1) is 0 Å². The van der Waals surface area contributed by atoms with Crippen molar-refractivity contribution in [2.45, 2.75) is 0 Å². The number of para-hydroxylation sites is 2. The third-order valence-electron chi connectivity index (χ3n) is 9.00. The first kappa shape index (κ1) is 28.6. The minimum absolute atomic E-state index is 0.610. The lowest BCUT2D eigenvalue weighted by molar-refractivity contribution is 0.670. The normalized spacial score (nSPS) is 11.3. The summed E-state index contributed by atoms with van der Waals surface area (Å²) in [5, 5.41) is 2.23. The standard InChI is InChI=1S/C45H29N3O/c1-3-14-30(15-4-1)34-18-7-9-21-39(34)44-46-43(47-45(48-44)40-22-10-8-19-35(40)31-16-5-2-6-17-31)33-28-26-32(27-29-33)36-23-13-24-38-37-20-11-12-25-41(37)49-42(36)38/h1-29H. The highest BCUT2D eigenvalue weighted by Crippen LogP contribution is 2.38. The molecule has 0 unspecified atom stereocenters. The summed E-state index contributed by atoms with van der Waals surface area (Å²) in [6.45, 7) is 0. The van der Waals surface area contributed by atoms with E-state index in [-0.39, 0.29) is 0 Å². The van der Waals surface area contributed by atoms with Gasteiger partial charge < -0.3 is 4.42 Å². The number of benzene rings is 7. The molecular formula is C45H29N3O. The van der Waals surface area contributed by atoms with Crippen LogP contribution in [0, 0.1) is 0 Å². The molecule has 4 heteroatoms. The molecule has 230 valence electrons. The van der Waals surface area contributed by atoms with Crippen molar-refractivity contribution in [2.24, 2.45) is 0 Å². The molecule has 7 aromatic carbocycles. The Morgan fingerprint density at radius 3 is 1.33 bits per heavy atom. The molecule has 0 aliphatic heterocycles. The van der Waals surface area contributed by atoms with Crippen molar-refractivity contribution >= 4 is 21.9 Å². The Morgan fingerprint density at radius 2 is 0.714 bits per heavy atom. The molecule has 0 aliphatic rings. The lowest BCUT2D eigenvalue weighted by Gasteiger charge is -2.14. The van der Waals surface area contributed by atoms with Crippen molar-refractivity contribution < 1.29 is 4.42 Å². The summed E-state index contributed by atoms with van der Waals surface area (Å²) in [7, 11) is 0. The fraction of sp³-hybridized carbons (Fsp3) is 0. The summed E-state index contributed by atoms with van der Waals surface area (Å²) in [5.41, 5.74) is 11.0. The van der Waals surface area contributed by atoms with E-state index in [1.807, 2.05) is 42.5 Å². The topological polar surface area (TPSA) is 51.8 Å². The molecule has 4 nitrogen and oxygen atoms in total. The van der Waals surface area contributed by atoms with Crippen molar-refractivity contribution in [1.29, 1.82) is 0 Å². The van der Waals surface area contributed by atoms with Crippen LogP contribution >= 0.6 is 0 Å². The molecule has 0 atom stereocenters. The van der Waals surface area contributed by atoms with E-state index >= 15 is 0 Å². The Hall–Kier alpha value is -6.65. The Bertz CT molecular complexity index is 2490. The Balaban J connectivity index is 1.21. The molecule has 0 bridgehead atoms. The maximum atomic E-state index is 6.34. The van der Waals surface area contributed by atoms with Crippen LogP contribution in [0.1, 0.15) is 0 Å². The third-order valence-corrected chi connectivity index (χ3v) is 9.00. The molecule has 2 heterocycles. The molecule has 0 saturated carbocycles. The van der Waals surface area contributed by atoms with Crippen LogP contribution in [0.2, 0.25) is 0 Å².